The van der Waals surface area contributed by atoms with Crippen molar-refractivity contribution in [2.24, 2.45) is 40.4 Å². The Balaban J connectivity index is 1.44. The lowest BCUT2D eigenvalue weighted by atomic mass is 9.44. The summed E-state index contributed by atoms with van der Waals surface area (Å²) in [5, 5.41) is 0. The fraction of sp³-hybridized carbons (Fsp3) is 0.720. The molecule has 1 heteroatoms. The highest BCUT2D eigenvalue weighted by molar-refractivity contribution is 5.72. The number of pyridine rings is 1. The van der Waals surface area contributed by atoms with Crippen molar-refractivity contribution in [2.75, 3.05) is 0 Å². The molecule has 5 rings (SSSR count). The number of allylic oxidation sites excluding steroid dienone is 2. The number of hydrogen-bond donors (Lipinski definition) is 0. The van der Waals surface area contributed by atoms with E-state index < -0.39 is 0 Å². The van der Waals surface area contributed by atoms with Crippen molar-refractivity contribution in [3.8, 4) is 0 Å². The first kappa shape index (κ1) is 17.0. The summed E-state index contributed by atoms with van der Waals surface area (Å²) in [5.74, 6) is 4.77. The van der Waals surface area contributed by atoms with E-state index in [1.807, 2.05) is 6.20 Å². The predicted molar refractivity (Wildman–Crippen MR) is 108 cm³/mol. The van der Waals surface area contributed by atoms with Crippen molar-refractivity contribution in [3.05, 3.63) is 36.2 Å². The maximum atomic E-state index is 4.41. The van der Waals surface area contributed by atoms with Crippen molar-refractivity contribution in [2.45, 2.75) is 72.1 Å². The Kier molecular flexibility index (Phi) is 3.89. The van der Waals surface area contributed by atoms with Gasteiger partial charge < -0.3 is 0 Å². The molecule has 0 N–H and O–H groups in total. The highest BCUT2D eigenvalue weighted by Crippen LogP contribution is 2.67. The number of nitrogens with zero attached hydrogens (tertiary/aromatic N) is 1. The molecule has 7 atom stereocenters. The van der Waals surface area contributed by atoms with Gasteiger partial charge >= 0.3 is 0 Å². The number of fused-ring (bicyclic) bond motifs is 5. The van der Waals surface area contributed by atoms with Crippen LogP contribution in [0.3, 0.4) is 0 Å². The molecule has 3 saturated carbocycles. The van der Waals surface area contributed by atoms with Gasteiger partial charge in [0.15, 0.2) is 0 Å². The van der Waals surface area contributed by atoms with Crippen LogP contribution in [0.4, 0.5) is 0 Å². The number of rotatable bonds is 1. The molecule has 0 radical (unpaired) electrons. The van der Waals surface area contributed by atoms with Gasteiger partial charge in [0.2, 0.25) is 0 Å². The molecule has 0 amide bonds. The van der Waals surface area contributed by atoms with E-state index in [2.05, 4.69) is 50.2 Å². The summed E-state index contributed by atoms with van der Waals surface area (Å²) in [7, 11) is 0. The Labute approximate surface area is 159 Å². The molecule has 1 heterocycles. The zero-order valence-corrected chi connectivity index (χ0v) is 16.9. The van der Waals surface area contributed by atoms with E-state index in [0.29, 0.717) is 10.8 Å². The smallest absolute Gasteiger partial charge is 0.0343 e. The predicted octanol–water partition coefficient (Wildman–Crippen LogP) is 6.75. The van der Waals surface area contributed by atoms with E-state index >= 15 is 0 Å². The van der Waals surface area contributed by atoms with Gasteiger partial charge in [-0.05, 0) is 103 Å². The molecule has 140 valence electrons. The Morgan fingerprint density at radius 3 is 2.73 bits per heavy atom. The van der Waals surface area contributed by atoms with Crippen LogP contribution in [0, 0.1) is 40.4 Å². The molecule has 1 aromatic rings. The maximum Gasteiger partial charge on any atom is 0.0343 e. The third-order valence-electron chi connectivity index (χ3n) is 9.48. The summed E-state index contributed by atoms with van der Waals surface area (Å²) in [6.45, 7) is 7.76. The van der Waals surface area contributed by atoms with Crippen LogP contribution in [0.5, 0.6) is 0 Å². The lowest BCUT2D eigenvalue weighted by Gasteiger charge is -2.61. The van der Waals surface area contributed by atoms with Gasteiger partial charge in [0, 0.05) is 12.4 Å². The highest BCUT2D eigenvalue weighted by atomic mass is 14.6. The van der Waals surface area contributed by atoms with Crippen molar-refractivity contribution in [3.63, 3.8) is 0 Å². The minimum absolute atomic E-state index is 0.384. The molecule has 0 unspecified atom stereocenters. The van der Waals surface area contributed by atoms with Crippen LogP contribution in [0.2, 0.25) is 0 Å². The first-order valence-electron chi connectivity index (χ1n) is 11.1. The van der Waals surface area contributed by atoms with E-state index in [1.54, 1.807) is 5.57 Å². The quantitative estimate of drug-likeness (QED) is 0.546. The second-order valence-electron chi connectivity index (χ2n) is 10.6. The van der Waals surface area contributed by atoms with Gasteiger partial charge in [-0.2, -0.15) is 0 Å². The summed E-state index contributed by atoms with van der Waals surface area (Å²) in [4.78, 5) is 4.41. The van der Waals surface area contributed by atoms with Crippen LogP contribution < -0.4 is 0 Å². The maximum absolute atomic E-state index is 4.41. The number of hydrogen-bond acceptors (Lipinski definition) is 1. The summed E-state index contributed by atoms with van der Waals surface area (Å²) in [6.07, 6.45) is 18.2. The second-order valence-corrected chi connectivity index (χ2v) is 10.6. The number of aromatic nitrogens is 1. The molecule has 26 heavy (non-hydrogen) atoms. The topological polar surface area (TPSA) is 12.9 Å². The van der Waals surface area contributed by atoms with Crippen molar-refractivity contribution >= 4 is 5.57 Å². The van der Waals surface area contributed by atoms with Gasteiger partial charge in [-0.25, -0.2) is 0 Å². The van der Waals surface area contributed by atoms with Crippen molar-refractivity contribution < 1.29 is 0 Å². The molecule has 0 bridgehead atoms. The van der Waals surface area contributed by atoms with E-state index in [1.165, 1.54) is 56.9 Å². The minimum atomic E-state index is 0.384. The van der Waals surface area contributed by atoms with Gasteiger partial charge in [-0.15, -0.1) is 0 Å². The Bertz CT molecular complexity index is 706. The van der Waals surface area contributed by atoms with E-state index in [4.69, 9.17) is 0 Å². The van der Waals surface area contributed by atoms with Crippen LogP contribution >= 0.6 is 0 Å². The fourth-order valence-corrected chi connectivity index (χ4v) is 8.01. The molecule has 4 aliphatic carbocycles. The van der Waals surface area contributed by atoms with E-state index in [0.717, 1.165) is 29.6 Å². The van der Waals surface area contributed by atoms with Gasteiger partial charge in [-0.1, -0.05) is 39.3 Å². The molecule has 3 fully saturated rings. The monoisotopic (exact) mass is 349 g/mol. The average molecular weight is 350 g/mol. The second kappa shape index (κ2) is 5.94. The summed E-state index contributed by atoms with van der Waals surface area (Å²) < 4.78 is 0. The van der Waals surface area contributed by atoms with Crippen molar-refractivity contribution in [1.29, 1.82) is 0 Å². The Morgan fingerprint density at radius 2 is 1.92 bits per heavy atom. The third kappa shape index (κ3) is 2.31. The highest BCUT2D eigenvalue weighted by Gasteiger charge is 2.58. The molecule has 1 aromatic heterocycles. The van der Waals surface area contributed by atoms with Crippen LogP contribution in [0.15, 0.2) is 30.6 Å². The lowest BCUT2D eigenvalue weighted by Crippen LogP contribution is -2.52. The van der Waals surface area contributed by atoms with Crippen LogP contribution in [-0.4, -0.2) is 4.98 Å². The largest absolute Gasteiger partial charge is 0.264 e. The van der Waals surface area contributed by atoms with Gasteiger partial charge in [-0.3, -0.25) is 4.98 Å². The SMILES string of the molecule is C[C@H]1CC[C@@]2(C)[C@@H](CC[C@@H]3[C@@H]2CC[C@]2(C)C(c4cccnc4)=CC[C@@H]32)C1. The first-order valence-corrected chi connectivity index (χ1v) is 11.1. The molecule has 1 nitrogen and oxygen atoms in total. The molecular formula is C25H35N. The van der Waals surface area contributed by atoms with E-state index in [9.17, 15) is 0 Å². The van der Waals surface area contributed by atoms with Gasteiger partial charge in [0.05, 0.1) is 0 Å². The molecule has 4 aliphatic rings. The van der Waals surface area contributed by atoms with Crippen molar-refractivity contribution in [1.82, 2.24) is 4.98 Å². The summed E-state index contributed by atoms with van der Waals surface area (Å²) in [5.41, 5.74) is 4.00. The lowest BCUT2D eigenvalue weighted by molar-refractivity contribution is -0.103. The molecule has 0 saturated heterocycles. The fourth-order valence-electron chi connectivity index (χ4n) is 8.01. The molecular weight excluding hydrogens is 314 g/mol. The van der Waals surface area contributed by atoms with Crippen LogP contribution in [-0.2, 0) is 0 Å². The molecule has 0 aliphatic heterocycles. The van der Waals surface area contributed by atoms with Gasteiger partial charge in [0.25, 0.3) is 0 Å². The standard InChI is InChI=1S/C25H35N/c1-17-10-12-24(2)19(15-17)6-7-20-22-9-8-21(18-5-4-14-26-16-18)25(22,3)13-11-23(20)24/h4-5,8,14,16-17,19-20,22-23H,6-7,9-13,15H2,1-3H3/t17-,19-,20-,22-,23-,24-,25+/m0/s1. The minimum Gasteiger partial charge on any atom is -0.264 e. The van der Waals surface area contributed by atoms with Crippen LogP contribution in [0.1, 0.15) is 77.7 Å². The average Bonchev–Trinajstić information content (AvgIpc) is 3.00. The zero-order chi connectivity index (χ0) is 17.9. The summed E-state index contributed by atoms with van der Waals surface area (Å²) >= 11 is 0. The Morgan fingerprint density at radius 1 is 1.04 bits per heavy atom. The first-order chi connectivity index (χ1) is 12.5. The zero-order valence-electron chi connectivity index (χ0n) is 16.9. The molecule has 0 aromatic carbocycles. The van der Waals surface area contributed by atoms with Gasteiger partial charge in [0.1, 0.15) is 0 Å². The summed E-state index contributed by atoms with van der Waals surface area (Å²) in [6, 6.07) is 4.38. The molecule has 0 spiro atoms. The normalized spacial score (nSPS) is 47.5. The van der Waals surface area contributed by atoms with E-state index in [-0.39, 0.29) is 0 Å². The Hall–Kier alpha value is -1.11. The third-order valence-corrected chi connectivity index (χ3v) is 9.48. The van der Waals surface area contributed by atoms with Crippen LogP contribution in [0.25, 0.3) is 5.57 Å².